The number of aliphatic hydroxyl groups excluding tert-OH is 1. The number of hydrogen-bond acceptors (Lipinski definition) is 3. The average Bonchev–Trinajstić information content (AvgIpc) is 2.09. The van der Waals surface area contributed by atoms with E-state index in [0.29, 0.717) is 0 Å². The van der Waals surface area contributed by atoms with Gasteiger partial charge in [0.05, 0.1) is 6.10 Å². The molecular weight excluding hydrogens is 116 g/mol. The van der Waals surface area contributed by atoms with Gasteiger partial charge < -0.3 is 15.7 Å². The predicted octanol–water partition coefficient (Wildman–Crippen LogP) is -1.32. The Kier molecular flexibility index (Phi) is 1.06. The summed E-state index contributed by atoms with van der Waals surface area (Å²) in [7, 11) is 0. The van der Waals surface area contributed by atoms with Gasteiger partial charge in [0.15, 0.2) is 0 Å². The van der Waals surface area contributed by atoms with Crippen molar-refractivity contribution in [2.75, 3.05) is 19.6 Å². The minimum atomic E-state index is -0.105. The molecule has 1 spiro atoms. The average molecular weight is 128 g/mol. The van der Waals surface area contributed by atoms with Gasteiger partial charge in [0.2, 0.25) is 0 Å². The van der Waals surface area contributed by atoms with Crippen molar-refractivity contribution < 1.29 is 5.11 Å². The second-order valence-corrected chi connectivity index (χ2v) is 3.12. The van der Waals surface area contributed by atoms with Gasteiger partial charge in [-0.15, -0.1) is 0 Å². The van der Waals surface area contributed by atoms with Crippen LogP contribution in [0.15, 0.2) is 0 Å². The van der Waals surface area contributed by atoms with Crippen molar-refractivity contribution in [1.29, 1.82) is 0 Å². The molecule has 0 aliphatic carbocycles. The molecule has 0 aromatic heterocycles. The van der Waals surface area contributed by atoms with Crippen molar-refractivity contribution in [3.8, 4) is 0 Å². The summed E-state index contributed by atoms with van der Waals surface area (Å²) >= 11 is 0. The third-order valence-corrected chi connectivity index (χ3v) is 2.27. The van der Waals surface area contributed by atoms with Gasteiger partial charge in [0, 0.05) is 25.2 Å². The highest BCUT2D eigenvalue weighted by Gasteiger charge is 2.42. The van der Waals surface area contributed by atoms with Crippen LogP contribution in [0, 0.1) is 0 Å². The van der Waals surface area contributed by atoms with E-state index >= 15 is 0 Å². The lowest BCUT2D eigenvalue weighted by Crippen LogP contribution is -2.64. The zero-order valence-corrected chi connectivity index (χ0v) is 5.35. The first-order valence-electron chi connectivity index (χ1n) is 3.45. The van der Waals surface area contributed by atoms with Crippen LogP contribution in [0.2, 0.25) is 0 Å². The Morgan fingerprint density at radius 3 is 2.44 bits per heavy atom. The summed E-state index contributed by atoms with van der Waals surface area (Å²) < 4.78 is 0. The smallest absolute Gasteiger partial charge is 0.0683 e. The zero-order chi connectivity index (χ0) is 6.32. The molecule has 2 fully saturated rings. The van der Waals surface area contributed by atoms with Crippen molar-refractivity contribution in [2.45, 2.75) is 18.1 Å². The number of rotatable bonds is 0. The van der Waals surface area contributed by atoms with Gasteiger partial charge in [-0.2, -0.15) is 0 Å². The Balaban J connectivity index is 1.99. The van der Waals surface area contributed by atoms with E-state index < -0.39 is 0 Å². The van der Waals surface area contributed by atoms with Gasteiger partial charge in [-0.1, -0.05) is 0 Å². The van der Waals surface area contributed by atoms with Crippen LogP contribution in [0.3, 0.4) is 0 Å². The molecule has 0 saturated carbocycles. The lowest BCUT2D eigenvalue weighted by molar-refractivity contribution is 0.167. The summed E-state index contributed by atoms with van der Waals surface area (Å²) in [6.45, 7) is 2.84. The van der Waals surface area contributed by atoms with E-state index in [0.717, 1.165) is 26.1 Å². The number of hydrogen-bond donors (Lipinski definition) is 3. The number of β-amino-alcohol motifs (C(OH)–C–C–N with tert-alkyl or cyclic N) is 1. The second kappa shape index (κ2) is 1.68. The summed E-state index contributed by atoms with van der Waals surface area (Å²) in [6, 6.07) is 0. The monoisotopic (exact) mass is 128 g/mol. The third-order valence-electron chi connectivity index (χ3n) is 2.27. The van der Waals surface area contributed by atoms with Crippen LogP contribution in [0.5, 0.6) is 0 Å². The Bertz CT molecular complexity index is 122. The summed E-state index contributed by atoms with van der Waals surface area (Å²) in [6.07, 6.45) is 0.826. The van der Waals surface area contributed by atoms with E-state index in [1.807, 2.05) is 0 Å². The van der Waals surface area contributed by atoms with Gasteiger partial charge >= 0.3 is 0 Å². The molecule has 2 aliphatic heterocycles. The topological polar surface area (TPSA) is 44.3 Å². The van der Waals surface area contributed by atoms with E-state index in [2.05, 4.69) is 10.6 Å². The van der Waals surface area contributed by atoms with Crippen molar-refractivity contribution in [3.05, 3.63) is 0 Å². The fourth-order valence-electron chi connectivity index (χ4n) is 1.63. The molecular formula is C6H12N2O. The van der Waals surface area contributed by atoms with Crippen LogP contribution >= 0.6 is 0 Å². The highest BCUT2D eigenvalue weighted by atomic mass is 16.3. The first-order valence-corrected chi connectivity index (χ1v) is 3.45. The molecule has 1 atom stereocenters. The molecule has 0 amide bonds. The first kappa shape index (κ1) is 5.65. The summed E-state index contributed by atoms with van der Waals surface area (Å²) in [4.78, 5) is 0. The normalized spacial score (nSPS) is 39.0. The van der Waals surface area contributed by atoms with E-state index in [9.17, 15) is 0 Å². The molecule has 1 unspecified atom stereocenters. The molecule has 9 heavy (non-hydrogen) atoms. The van der Waals surface area contributed by atoms with Crippen LogP contribution in [0.4, 0.5) is 0 Å². The molecule has 2 heterocycles. The maximum Gasteiger partial charge on any atom is 0.0683 e. The van der Waals surface area contributed by atoms with Crippen molar-refractivity contribution in [3.63, 3.8) is 0 Å². The quantitative estimate of drug-likeness (QED) is 0.379. The van der Waals surface area contributed by atoms with Crippen molar-refractivity contribution in [2.24, 2.45) is 0 Å². The number of nitrogens with one attached hydrogen (secondary N) is 2. The van der Waals surface area contributed by atoms with Gasteiger partial charge in [-0.3, -0.25) is 0 Å². The molecule has 2 aliphatic rings. The highest BCUT2D eigenvalue weighted by molar-refractivity contribution is 5.06. The maximum absolute atomic E-state index is 9.14. The summed E-state index contributed by atoms with van der Waals surface area (Å²) in [5.74, 6) is 0. The Hall–Kier alpha value is -0.120. The lowest BCUT2D eigenvalue weighted by atomic mass is 9.90. The van der Waals surface area contributed by atoms with Crippen LogP contribution < -0.4 is 10.6 Å². The van der Waals surface area contributed by atoms with E-state index in [1.54, 1.807) is 0 Å². The molecule has 0 aromatic rings. The van der Waals surface area contributed by atoms with Crippen molar-refractivity contribution in [1.82, 2.24) is 10.6 Å². The minimum Gasteiger partial charge on any atom is -0.392 e. The third kappa shape index (κ3) is 0.764. The zero-order valence-electron chi connectivity index (χ0n) is 5.35. The Morgan fingerprint density at radius 1 is 1.44 bits per heavy atom. The SMILES string of the molecule is OC1CNC2(CNC2)C1. The van der Waals surface area contributed by atoms with Gasteiger partial charge in [-0.05, 0) is 6.42 Å². The van der Waals surface area contributed by atoms with E-state index in [4.69, 9.17) is 5.11 Å². The molecule has 0 bridgehead atoms. The maximum atomic E-state index is 9.14. The molecule has 2 rings (SSSR count). The molecule has 0 aromatic carbocycles. The molecule has 3 nitrogen and oxygen atoms in total. The standard InChI is InChI=1S/C6H12N2O/c9-5-1-6(8-2-5)3-7-4-6/h5,7-9H,1-4H2. The molecule has 2 saturated heterocycles. The van der Waals surface area contributed by atoms with Gasteiger partial charge in [0.1, 0.15) is 0 Å². The van der Waals surface area contributed by atoms with Crippen LogP contribution in [0.25, 0.3) is 0 Å². The number of aliphatic hydroxyl groups is 1. The lowest BCUT2D eigenvalue weighted by Gasteiger charge is -2.39. The molecule has 3 N–H and O–H groups in total. The summed E-state index contributed by atoms with van der Waals surface area (Å²) in [5, 5.41) is 15.6. The van der Waals surface area contributed by atoms with Gasteiger partial charge in [0.25, 0.3) is 0 Å². The van der Waals surface area contributed by atoms with E-state index in [1.165, 1.54) is 0 Å². The van der Waals surface area contributed by atoms with E-state index in [-0.39, 0.29) is 11.6 Å². The Morgan fingerprint density at radius 2 is 2.22 bits per heavy atom. The van der Waals surface area contributed by atoms with Crippen molar-refractivity contribution >= 4 is 0 Å². The largest absolute Gasteiger partial charge is 0.392 e. The minimum absolute atomic E-state index is 0.105. The highest BCUT2D eigenvalue weighted by Crippen LogP contribution is 2.22. The predicted molar refractivity (Wildman–Crippen MR) is 34.2 cm³/mol. The molecule has 52 valence electrons. The fraction of sp³-hybridized carbons (Fsp3) is 1.00. The second-order valence-electron chi connectivity index (χ2n) is 3.12. The van der Waals surface area contributed by atoms with Crippen LogP contribution in [-0.2, 0) is 0 Å². The summed E-state index contributed by atoms with van der Waals surface area (Å²) in [5.41, 5.74) is 0.277. The molecule has 0 radical (unpaired) electrons. The molecule has 3 heteroatoms. The van der Waals surface area contributed by atoms with Crippen LogP contribution in [0.1, 0.15) is 6.42 Å². The first-order chi connectivity index (χ1) is 4.31. The Labute approximate surface area is 54.4 Å². The van der Waals surface area contributed by atoms with Gasteiger partial charge in [-0.25, -0.2) is 0 Å². The fourth-order valence-corrected chi connectivity index (χ4v) is 1.63. The van der Waals surface area contributed by atoms with Crippen LogP contribution in [-0.4, -0.2) is 36.4 Å².